The van der Waals surface area contributed by atoms with Gasteiger partial charge in [-0.1, -0.05) is 41.6 Å². The van der Waals surface area contributed by atoms with E-state index >= 15 is 0 Å². The first kappa shape index (κ1) is 13.5. The fourth-order valence-electron chi connectivity index (χ4n) is 2.11. The molecule has 0 fully saturated rings. The highest BCUT2D eigenvalue weighted by atomic mass is 19.1. The number of halogens is 1. The highest BCUT2D eigenvalue weighted by Gasteiger charge is 2.18. The molecule has 106 valence electrons. The van der Waals surface area contributed by atoms with Crippen LogP contribution in [0.25, 0.3) is 11.4 Å². The van der Waals surface area contributed by atoms with Gasteiger partial charge in [0.2, 0.25) is 11.7 Å². The van der Waals surface area contributed by atoms with Crippen molar-refractivity contribution in [2.75, 3.05) is 0 Å². The van der Waals surface area contributed by atoms with Gasteiger partial charge in [-0.2, -0.15) is 4.98 Å². The van der Waals surface area contributed by atoms with Crippen molar-refractivity contribution in [1.29, 1.82) is 0 Å². The maximum absolute atomic E-state index is 13.4. The van der Waals surface area contributed by atoms with E-state index < -0.39 is 6.04 Å². The molecule has 21 heavy (non-hydrogen) atoms. The average Bonchev–Trinajstić information content (AvgIpc) is 2.99. The maximum Gasteiger partial charge on any atom is 0.248 e. The second kappa shape index (κ2) is 5.46. The molecule has 2 N–H and O–H groups in total. The molecular weight excluding hydrogens is 269 g/mol. The van der Waals surface area contributed by atoms with Gasteiger partial charge in [0.25, 0.3) is 0 Å². The molecule has 0 amide bonds. The minimum atomic E-state index is -0.499. The molecule has 3 aromatic rings. The molecule has 1 aromatic heterocycles. The number of nitrogens with two attached hydrogens (primary N) is 1. The third kappa shape index (κ3) is 2.68. The molecule has 0 aliphatic carbocycles. The van der Waals surface area contributed by atoms with Gasteiger partial charge in [-0.25, -0.2) is 4.39 Å². The molecule has 3 rings (SSSR count). The summed E-state index contributed by atoms with van der Waals surface area (Å²) in [5, 5.41) is 3.90. The lowest BCUT2D eigenvalue weighted by Gasteiger charge is -2.05. The van der Waals surface area contributed by atoms with Crippen LogP contribution >= 0.6 is 0 Å². The Balaban J connectivity index is 1.95. The van der Waals surface area contributed by atoms with Crippen LogP contribution in [0.5, 0.6) is 0 Å². The van der Waals surface area contributed by atoms with E-state index in [1.165, 1.54) is 12.1 Å². The van der Waals surface area contributed by atoms with E-state index in [4.69, 9.17) is 10.3 Å². The topological polar surface area (TPSA) is 64.9 Å². The Bertz CT molecular complexity index is 755. The molecule has 1 unspecified atom stereocenters. The largest absolute Gasteiger partial charge is 0.337 e. The van der Waals surface area contributed by atoms with Gasteiger partial charge < -0.3 is 10.3 Å². The van der Waals surface area contributed by atoms with Crippen LogP contribution in [-0.2, 0) is 0 Å². The number of aryl methyl sites for hydroxylation is 1. The van der Waals surface area contributed by atoms with Crippen LogP contribution in [0.2, 0.25) is 0 Å². The normalized spacial score (nSPS) is 12.3. The summed E-state index contributed by atoms with van der Waals surface area (Å²) in [5.74, 6) is 0.308. The van der Waals surface area contributed by atoms with Gasteiger partial charge in [0.05, 0.1) is 0 Å². The first-order valence-electron chi connectivity index (χ1n) is 6.56. The van der Waals surface area contributed by atoms with Crippen molar-refractivity contribution in [2.24, 2.45) is 5.73 Å². The number of aromatic nitrogens is 2. The Kier molecular flexibility index (Phi) is 3.50. The molecular formula is C16H14FN3O. The van der Waals surface area contributed by atoms with Gasteiger partial charge >= 0.3 is 0 Å². The molecule has 0 bridgehead atoms. The summed E-state index contributed by atoms with van der Waals surface area (Å²) in [6, 6.07) is 13.4. The predicted octanol–water partition coefficient (Wildman–Crippen LogP) is 3.23. The van der Waals surface area contributed by atoms with E-state index in [1.54, 1.807) is 6.07 Å². The molecule has 0 aliphatic heterocycles. The standard InChI is InChI=1S/C16H14FN3O/c1-10-7-8-12(17)9-13(10)15-19-16(21-20-15)14(18)11-5-3-2-4-6-11/h2-9,14H,18H2,1H3. The molecule has 1 heterocycles. The quantitative estimate of drug-likeness (QED) is 0.801. The molecule has 4 nitrogen and oxygen atoms in total. The van der Waals surface area contributed by atoms with E-state index in [2.05, 4.69) is 10.1 Å². The van der Waals surface area contributed by atoms with Crippen molar-refractivity contribution in [1.82, 2.24) is 10.1 Å². The Morgan fingerprint density at radius 3 is 2.67 bits per heavy atom. The number of benzene rings is 2. The molecule has 0 radical (unpaired) electrons. The van der Waals surface area contributed by atoms with Crippen LogP contribution in [0, 0.1) is 12.7 Å². The van der Waals surface area contributed by atoms with E-state index in [-0.39, 0.29) is 5.82 Å². The van der Waals surface area contributed by atoms with E-state index in [0.717, 1.165) is 11.1 Å². The first-order valence-corrected chi connectivity index (χ1v) is 6.56. The highest BCUT2D eigenvalue weighted by molar-refractivity contribution is 5.59. The summed E-state index contributed by atoms with van der Waals surface area (Å²) in [6.45, 7) is 1.86. The van der Waals surface area contributed by atoms with Crippen molar-refractivity contribution >= 4 is 0 Å². The van der Waals surface area contributed by atoms with Gasteiger partial charge in [0.15, 0.2) is 0 Å². The molecule has 0 aliphatic rings. The van der Waals surface area contributed by atoms with Crippen molar-refractivity contribution in [3.63, 3.8) is 0 Å². The average molecular weight is 283 g/mol. The minimum absolute atomic E-state index is 0.305. The molecule has 2 aromatic carbocycles. The zero-order valence-electron chi connectivity index (χ0n) is 11.5. The van der Waals surface area contributed by atoms with Gasteiger partial charge in [0.1, 0.15) is 11.9 Å². The minimum Gasteiger partial charge on any atom is -0.337 e. The third-order valence-corrected chi connectivity index (χ3v) is 3.31. The van der Waals surface area contributed by atoms with Crippen LogP contribution in [0.4, 0.5) is 4.39 Å². The van der Waals surface area contributed by atoms with Crippen LogP contribution in [0.3, 0.4) is 0 Å². The summed E-state index contributed by atoms with van der Waals surface area (Å²) in [4.78, 5) is 4.29. The smallest absolute Gasteiger partial charge is 0.248 e. The number of rotatable bonds is 3. The molecule has 0 saturated carbocycles. The van der Waals surface area contributed by atoms with Gasteiger partial charge in [-0.3, -0.25) is 0 Å². The lowest BCUT2D eigenvalue weighted by molar-refractivity contribution is 0.367. The van der Waals surface area contributed by atoms with Crippen LogP contribution in [0.1, 0.15) is 23.1 Å². The number of nitrogens with zero attached hydrogens (tertiary/aromatic N) is 2. The second-order valence-corrected chi connectivity index (χ2v) is 4.80. The summed E-state index contributed by atoms with van der Waals surface area (Å²) in [6.07, 6.45) is 0. The van der Waals surface area contributed by atoms with Gasteiger partial charge in [-0.15, -0.1) is 0 Å². The summed E-state index contributed by atoms with van der Waals surface area (Å²) < 4.78 is 18.6. The highest BCUT2D eigenvalue weighted by Crippen LogP contribution is 2.24. The summed E-state index contributed by atoms with van der Waals surface area (Å²) in [7, 11) is 0. The second-order valence-electron chi connectivity index (χ2n) is 4.80. The fraction of sp³-hybridized carbons (Fsp3) is 0.125. The SMILES string of the molecule is Cc1ccc(F)cc1-c1noc(C(N)c2ccccc2)n1. The molecule has 5 heteroatoms. The third-order valence-electron chi connectivity index (χ3n) is 3.31. The van der Waals surface area contributed by atoms with Crippen LogP contribution < -0.4 is 5.73 Å². The van der Waals surface area contributed by atoms with E-state index in [1.807, 2.05) is 37.3 Å². The summed E-state index contributed by atoms with van der Waals surface area (Å²) >= 11 is 0. The maximum atomic E-state index is 13.4. The van der Waals surface area contributed by atoms with Gasteiger partial charge in [0, 0.05) is 5.56 Å². The molecule has 1 atom stereocenters. The van der Waals surface area contributed by atoms with Crippen molar-refractivity contribution < 1.29 is 8.91 Å². The lowest BCUT2D eigenvalue weighted by Crippen LogP contribution is -2.12. The Morgan fingerprint density at radius 2 is 1.90 bits per heavy atom. The zero-order chi connectivity index (χ0) is 14.8. The molecule has 0 spiro atoms. The van der Waals surface area contributed by atoms with E-state index in [0.29, 0.717) is 17.3 Å². The zero-order valence-corrected chi connectivity index (χ0v) is 11.5. The molecule has 0 saturated heterocycles. The predicted molar refractivity (Wildman–Crippen MR) is 76.9 cm³/mol. The van der Waals surface area contributed by atoms with Gasteiger partial charge in [-0.05, 0) is 30.2 Å². The van der Waals surface area contributed by atoms with Crippen LogP contribution in [0.15, 0.2) is 53.1 Å². The van der Waals surface area contributed by atoms with E-state index in [9.17, 15) is 4.39 Å². The Hall–Kier alpha value is -2.53. The fourth-order valence-corrected chi connectivity index (χ4v) is 2.11. The van der Waals surface area contributed by atoms with Crippen molar-refractivity contribution in [3.8, 4) is 11.4 Å². The van der Waals surface area contributed by atoms with Crippen molar-refractivity contribution in [3.05, 3.63) is 71.4 Å². The Morgan fingerprint density at radius 1 is 1.14 bits per heavy atom. The monoisotopic (exact) mass is 283 g/mol. The Labute approximate surface area is 121 Å². The van der Waals surface area contributed by atoms with Crippen molar-refractivity contribution in [2.45, 2.75) is 13.0 Å². The first-order chi connectivity index (χ1) is 10.1. The van der Waals surface area contributed by atoms with Crippen LogP contribution in [-0.4, -0.2) is 10.1 Å². The summed E-state index contributed by atoms with van der Waals surface area (Å²) in [5.41, 5.74) is 8.46. The number of hydrogen-bond donors (Lipinski definition) is 1. The number of hydrogen-bond acceptors (Lipinski definition) is 4. The lowest BCUT2D eigenvalue weighted by atomic mass is 10.1.